The van der Waals surface area contributed by atoms with Crippen LogP contribution in [0.5, 0.6) is 5.75 Å². The lowest BCUT2D eigenvalue weighted by atomic mass is 10.2. The highest BCUT2D eigenvalue weighted by Gasteiger charge is 2.29. The van der Waals surface area contributed by atoms with Crippen LogP contribution in [-0.4, -0.2) is 11.9 Å². The maximum atomic E-state index is 12.0. The van der Waals surface area contributed by atoms with Crippen LogP contribution in [0.2, 0.25) is 0 Å². The Morgan fingerprint density at radius 1 is 1.18 bits per heavy atom. The Morgan fingerprint density at radius 2 is 1.91 bits per heavy atom. The first-order chi connectivity index (χ1) is 10.7. The number of nitriles is 1. The first kappa shape index (κ1) is 14.3. The van der Waals surface area contributed by atoms with Crippen LogP contribution in [0, 0.1) is 17.2 Å². The molecule has 2 aromatic rings. The number of thiophene rings is 1. The van der Waals surface area contributed by atoms with E-state index in [9.17, 15) is 9.59 Å². The summed E-state index contributed by atoms with van der Waals surface area (Å²) in [5.41, 5.74) is 0.501. The Kier molecular flexibility index (Phi) is 3.90. The smallest absolute Gasteiger partial charge is 0.353 e. The second kappa shape index (κ2) is 6.00. The van der Waals surface area contributed by atoms with Crippen LogP contribution in [0.15, 0.2) is 36.4 Å². The van der Waals surface area contributed by atoms with Gasteiger partial charge in [-0.15, -0.1) is 11.3 Å². The Morgan fingerprint density at radius 3 is 2.55 bits per heavy atom. The zero-order chi connectivity index (χ0) is 15.5. The second-order valence-electron chi connectivity index (χ2n) is 4.95. The van der Waals surface area contributed by atoms with Crippen molar-refractivity contribution in [2.24, 2.45) is 5.92 Å². The maximum Gasteiger partial charge on any atom is 0.353 e. The predicted molar refractivity (Wildman–Crippen MR) is 81.8 cm³/mol. The fourth-order valence-electron chi connectivity index (χ4n) is 1.84. The summed E-state index contributed by atoms with van der Waals surface area (Å²) in [5, 5.41) is 12.2. The van der Waals surface area contributed by atoms with E-state index in [2.05, 4.69) is 5.32 Å². The third-order valence-electron chi connectivity index (χ3n) is 3.20. The highest BCUT2D eigenvalue weighted by Crippen LogP contribution is 2.31. The molecule has 0 saturated heterocycles. The van der Waals surface area contributed by atoms with Crippen molar-refractivity contribution in [3.8, 4) is 11.8 Å². The SMILES string of the molecule is N#Cc1ccc(OC(=O)c2ccc(NC(=O)C3CC3)s2)cc1. The first-order valence-electron chi connectivity index (χ1n) is 6.79. The zero-order valence-electron chi connectivity index (χ0n) is 11.5. The van der Waals surface area contributed by atoms with E-state index in [4.69, 9.17) is 10.00 Å². The molecule has 0 bridgehead atoms. The number of ether oxygens (including phenoxy) is 1. The number of hydrogen-bond acceptors (Lipinski definition) is 5. The van der Waals surface area contributed by atoms with Gasteiger partial charge in [0.2, 0.25) is 5.91 Å². The molecule has 1 aromatic heterocycles. The number of amides is 1. The van der Waals surface area contributed by atoms with E-state index < -0.39 is 5.97 Å². The summed E-state index contributed by atoms with van der Waals surface area (Å²) in [6.07, 6.45) is 1.87. The summed E-state index contributed by atoms with van der Waals surface area (Å²) < 4.78 is 5.23. The molecule has 0 unspecified atom stereocenters. The third-order valence-corrected chi connectivity index (χ3v) is 4.18. The van der Waals surface area contributed by atoms with Crippen LogP contribution in [0.3, 0.4) is 0 Å². The normalized spacial score (nSPS) is 13.2. The third kappa shape index (κ3) is 3.32. The van der Waals surface area contributed by atoms with Gasteiger partial charge in [-0.2, -0.15) is 5.26 Å². The number of nitrogens with zero attached hydrogens (tertiary/aromatic N) is 1. The van der Waals surface area contributed by atoms with E-state index in [-0.39, 0.29) is 11.8 Å². The van der Waals surface area contributed by atoms with E-state index in [1.807, 2.05) is 6.07 Å². The van der Waals surface area contributed by atoms with Crippen molar-refractivity contribution in [2.45, 2.75) is 12.8 Å². The second-order valence-corrected chi connectivity index (χ2v) is 6.04. The van der Waals surface area contributed by atoms with Gasteiger partial charge in [-0.05, 0) is 49.2 Å². The average molecular weight is 312 g/mol. The van der Waals surface area contributed by atoms with Crippen LogP contribution in [0.25, 0.3) is 0 Å². The maximum absolute atomic E-state index is 12.0. The molecule has 0 spiro atoms. The molecule has 1 N–H and O–H groups in total. The van der Waals surface area contributed by atoms with Gasteiger partial charge < -0.3 is 10.1 Å². The van der Waals surface area contributed by atoms with E-state index in [1.54, 1.807) is 36.4 Å². The van der Waals surface area contributed by atoms with Gasteiger partial charge in [-0.1, -0.05) is 0 Å². The fourth-order valence-corrected chi connectivity index (χ4v) is 2.62. The number of benzene rings is 1. The minimum atomic E-state index is -0.485. The number of carbonyl (C=O) groups excluding carboxylic acids is 2. The number of carbonyl (C=O) groups is 2. The van der Waals surface area contributed by atoms with Crippen molar-refractivity contribution in [3.05, 3.63) is 46.8 Å². The molecule has 0 aliphatic heterocycles. The molecule has 1 aromatic carbocycles. The van der Waals surface area contributed by atoms with Gasteiger partial charge in [0, 0.05) is 5.92 Å². The van der Waals surface area contributed by atoms with Gasteiger partial charge in [0.15, 0.2) is 0 Å². The molecule has 1 saturated carbocycles. The number of nitrogens with one attached hydrogen (secondary N) is 1. The van der Waals surface area contributed by atoms with Crippen LogP contribution in [0.4, 0.5) is 5.00 Å². The van der Waals surface area contributed by atoms with Gasteiger partial charge in [0.05, 0.1) is 16.6 Å². The van der Waals surface area contributed by atoms with Crippen molar-refractivity contribution >= 4 is 28.2 Å². The molecule has 22 heavy (non-hydrogen) atoms. The predicted octanol–water partition coefficient (Wildman–Crippen LogP) is 3.19. The lowest BCUT2D eigenvalue weighted by Gasteiger charge is -2.02. The van der Waals surface area contributed by atoms with E-state index in [1.165, 1.54) is 11.3 Å². The molecule has 0 atom stereocenters. The van der Waals surface area contributed by atoms with Gasteiger partial charge >= 0.3 is 5.97 Å². The van der Waals surface area contributed by atoms with E-state index in [0.717, 1.165) is 12.8 Å². The zero-order valence-corrected chi connectivity index (χ0v) is 12.4. The quantitative estimate of drug-likeness (QED) is 0.694. The molecule has 1 fully saturated rings. The molecular weight excluding hydrogens is 300 g/mol. The van der Waals surface area contributed by atoms with E-state index in [0.29, 0.717) is 21.2 Å². The Labute approximate surface area is 131 Å². The summed E-state index contributed by atoms with van der Waals surface area (Å²) in [7, 11) is 0. The summed E-state index contributed by atoms with van der Waals surface area (Å²) in [4.78, 5) is 24.1. The molecule has 0 radical (unpaired) electrons. The molecule has 1 amide bonds. The molecule has 1 heterocycles. The van der Waals surface area contributed by atoms with Gasteiger partial charge in [-0.3, -0.25) is 4.79 Å². The average Bonchev–Trinajstić information content (AvgIpc) is 3.28. The Bertz CT molecular complexity index is 754. The summed E-state index contributed by atoms with van der Waals surface area (Å²) in [6.45, 7) is 0. The Hall–Kier alpha value is -2.65. The molecule has 1 aliphatic carbocycles. The summed E-state index contributed by atoms with van der Waals surface area (Å²) >= 11 is 1.18. The standard InChI is InChI=1S/C16H12N2O3S/c17-9-10-1-5-12(6-2-10)21-16(20)13-7-8-14(22-13)18-15(19)11-3-4-11/h1-2,5-8,11H,3-4H2,(H,18,19). The number of esters is 1. The number of anilines is 1. The monoisotopic (exact) mass is 312 g/mol. The molecule has 3 rings (SSSR count). The molecular formula is C16H12N2O3S. The van der Waals surface area contributed by atoms with Crippen molar-refractivity contribution in [1.29, 1.82) is 5.26 Å². The van der Waals surface area contributed by atoms with Gasteiger partial charge in [0.1, 0.15) is 10.6 Å². The lowest BCUT2D eigenvalue weighted by Crippen LogP contribution is -2.12. The van der Waals surface area contributed by atoms with Gasteiger partial charge in [0.25, 0.3) is 0 Å². The Balaban J connectivity index is 1.63. The van der Waals surface area contributed by atoms with Crippen LogP contribution in [0.1, 0.15) is 28.1 Å². The minimum Gasteiger partial charge on any atom is -0.422 e. The minimum absolute atomic E-state index is 0.00820. The number of rotatable bonds is 4. The number of hydrogen-bond donors (Lipinski definition) is 1. The van der Waals surface area contributed by atoms with Crippen molar-refractivity contribution in [2.75, 3.05) is 5.32 Å². The molecule has 5 nitrogen and oxygen atoms in total. The summed E-state index contributed by atoms with van der Waals surface area (Å²) in [5.74, 6) is 0.0209. The van der Waals surface area contributed by atoms with Crippen LogP contribution >= 0.6 is 11.3 Å². The highest BCUT2D eigenvalue weighted by molar-refractivity contribution is 7.18. The van der Waals surface area contributed by atoms with Crippen molar-refractivity contribution < 1.29 is 14.3 Å². The lowest BCUT2D eigenvalue weighted by molar-refractivity contribution is -0.117. The topological polar surface area (TPSA) is 79.2 Å². The molecule has 1 aliphatic rings. The summed E-state index contributed by atoms with van der Waals surface area (Å²) in [6, 6.07) is 11.6. The van der Waals surface area contributed by atoms with E-state index >= 15 is 0 Å². The first-order valence-corrected chi connectivity index (χ1v) is 7.60. The van der Waals surface area contributed by atoms with Crippen molar-refractivity contribution in [1.82, 2.24) is 0 Å². The van der Waals surface area contributed by atoms with Crippen LogP contribution in [-0.2, 0) is 4.79 Å². The van der Waals surface area contributed by atoms with Crippen molar-refractivity contribution in [3.63, 3.8) is 0 Å². The fraction of sp³-hybridized carbons (Fsp3) is 0.188. The molecule has 6 heteroatoms. The largest absolute Gasteiger partial charge is 0.422 e. The van der Waals surface area contributed by atoms with Crippen LogP contribution < -0.4 is 10.1 Å². The highest BCUT2D eigenvalue weighted by atomic mass is 32.1. The molecule has 110 valence electrons. The van der Waals surface area contributed by atoms with Gasteiger partial charge in [-0.25, -0.2) is 4.79 Å².